The summed E-state index contributed by atoms with van der Waals surface area (Å²) in [6.07, 6.45) is -3.64. The Bertz CT molecular complexity index is 297. The van der Waals surface area contributed by atoms with Gasteiger partial charge in [-0.3, -0.25) is 0 Å². The molecule has 2 unspecified atom stereocenters. The molecule has 0 fully saturated rings. The van der Waals surface area contributed by atoms with E-state index in [1.54, 1.807) is 6.92 Å². The van der Waals surface area contributed by atoms with Crippen LogP contribution in [0.1, 0.15) is 25.0 Å². The smallest absolute Gasteiger partial charge is 0.244 e. The first-order valence-electron chi connectivity index (χ1n) is 4.78. The van der Waals surface area contributed by atoms with Crippen molar-refractivity contribution in [3.05, 3.63) is 35.6 Å². The van der Waals surface area contributed by atoms with Crippen LogP contribution in [-0.2, 0) is 0 Å². The van der Waals surface area contributed by atoms with Crippen LogP contribution in [0.5, 0.6) is 0 Å². The highest BCUT2D eigenvalue weighted by Gasteiger charge is 2.27. The van der Waals surface area contributed by atoms with E-state index in [1.807, 2.05) is 0 Å². The summed E-state index contributed by atoms with van der Waals surface area (Å²) in [5.41, 5.74) is 0.323. The number of hydrogen-bond acceptors (Lipinski definition) is 1. The molecular weight excluding hydrogens is 205 g/mol. The number of aliphatic hydroxyl groups is 1. The largest absolute Gasteiger partial charge is 0.388 e. The maximum Gasteiger partial charge on any atom is 0.244 e. The van der Waals surface area contributed by atoms with Gasteiger partial charge in [0.1, 0.15) is 5.82 Å². The summed E-state index contributed by atoms with van der Waals surface area (Å²) in [5, 5.41) is 9.64. The highest BCUT2D eigenvalue weighted by Crippen LogP contribution is 2.29. The van der Waals surface area contributed by atoms with Crippen LogP contribution in [0.4, 0.5) is 13.2 Å². The zero-order chi connectivity index (χ0) is 11.4. The van der Waals surface area contributed by atoms with Gasteiger partial charge in [0.05, 0.1) is 6.10 Å². The second-order valence-corrected chi connectivity index (χ2v) is 3.40. The van der Waals surface area contributed by atoms with Gasteiger partial charge in [0.2, 0.25) is 6.43 Å². The minimum Gasteiger partial charge on any atom is -0.388 e. The summed E-state index contributed by atoms with van der Waals surface area (Å²) < 4.78 is 37.5. The van der Waals surface area contributed by atoms with E-state index < -0.39 is 24.3 Å². The fourth-order valence-corrected chi connectivity index (χ4v) is 1.45. The zero-order valence-electron chi connectivity index (χ0n) is 8.33. The molecule has 0 spiro atoms. The van der Waals surface area contributed by atoms with Gasteiger partial charge in [0.25, 0.3) is 0 Å². The van der Waals surface area contributed by atoms with Crippen LogP contribution >= 0.6 is 0 Å². The van der Waals surface area contributed by atoms with Crippen molar-refractivity contribution < 1.29 is 18.3 Å². The molecule has 0 heterocycles. The quantitative estimate of drug-likeness (QED) is 0.823. The van der Waals surface area contributed by atoms with Gasteiger partial charge in [-0.05, 0) is 24.1 Å². The molecule has 1 aromatic rings. The van der Waals surface area contributed by atoms with Crippen molar-refractivity contribution in [3.63, 3.8) is 0 Å². The highest BCUT2D eigenvalue weighted by molar-refractivity contribution is 5.19. The predicted octanol–water partition coefficient (Wildman–Crippen LogP) is 3.15. The Labute approximate surface area is 86.5 Å². The Hall–Kier alpha value is -1.03. The van der Waals surface area contributed by atoms with Crippen LogP contribution in [0.3, 0.4) is 0 Å². The van der Waals surface area contributed by atoms with Crippen molar-refractivity contribution in [2.24, 2.45) is 5.92 Å². The summed E-state index contributed by atoms with van der Waals surface area (Å²) in [4.78, 5) is 0. The average Bonchev–Trinajstić information content (AvgIpc) is 2.19. The summed E-state index contributed by atoms with van der Waals surface area (Å²) >= 11 is 0. The van der Waals surface area contributed by atoms with Crippen molar-refractivity contribution in [3.8, 4) is 0 Å². The third-order valence-electron chi connectivity index (χ3n) is 2.41. The van der Waals surface area contributed by atoms with Crippen LogP contribution in [-0.4, -0.2) is 11.5 Å². The highest BCUT2D eigenvalue weighted by atomic mass is 19.3. The average molecular weight is 218 g/mol. The van der Waals surface area contributed by atoms with Gasteiger partial charge in [-0.2, -0.15) is 0 Å². The summed E-state index contributed by atoms with van der Waals surface area (Å²) in [5.74, 6) is -1.55. The van der Waals surface area contributed by atoms with Crippen LogP contribution in [0.15, 0.2) is 24.3 Å². The van der Waals surface area contributed by atoms with E-state index in [0.717, 1.165) is 12.1 Å². The van der Waals surface area contributed by atoms with Gasteiger partial charge < -0.3 is 5.11 Å². The number of halogens is 3. The van der Waals surface area contributed by atoms with Gasteiger partial charge in [0, 0.05) is 5.92 Å². The maximum absolute atomic E-state index is 12.6. The van der Waals surface area contributed by atoms with Gasteiger partial charge in [-0.25, -0.2) is 13.2 Å². The number of hydrogen-bond donors (Lipinski definition) is 1. The van der Waals surface area contributed by atoms with E-state index in [2.05, 4.69) is 0 Å². The van der Waals surface area contributed by atoms with Gasteiger partial charge in [-0.1, -0.05) is 19.1 Å². The second-order valence-electron chi connectivity index (χ2n) is 3.40. The fourth-order valence-electron chi connectivity index (χ4n) is 1.45. The fraction of sp³-hybridized carbons (Fsp3) is 0.455. The SMILES string of the molecule is CCC(C(F)F)C(O)c1ccc(F)cc1. The second kappa shape index (κ2) is 5.16. The van der Waals surface area contributed by atoms with Gasteiger partial charge >= 0.3 is 0 Å². The lowest BCUT2D eigenvalue weighted by Gasteiger charge is -2.20. The number of alkyl halides is 2. The molecule has 0 radical (unpaired) electrons. The first kappa shape index (κ1) is 12.0. The van der Waals surface area contributed by atoms with Crippen molar-refractivity contribution in [1.82, 2.24) is 0 Å². The molecule has 0 aliphatic rings. The van der Waals surface area contributed by atoms with Crippen LogP contribution in [0, 0.1) is 11.7 Å². The molecule has 0 aromatic heterocycles. The molecule has 84 valence electrons. The van der Waals surface area contributed by atoms with E-state index in [1.165, 1.54) is 12.1 Å². The third-order valence-corrected chi connectivity index (χ3v) is 2.41. The van der Waals surface area contributed by atoms with Crippen molar-refractivity contribution in [1.29, 1.82) is 0 Å². The summed E-state index contributed by atoms with van der Waals surface area (Å²) in [7, 11) is 0. The first-order chi connectivity index (χ1) is 7.06. The van der Waals surface area contributed by atoms with Crippen molar-refractivity contribution in [2.45, 2.75) is 25.9 Å². The molecule has 2 atom stereocenters. The van der Waals surface area contributed by atoms with Gasteiger partial charge in [-0.15, -0.1) is 0 Å². The predicted molar refractivity (Wildman–Crippen MR) is 51.1 cm³/mol. The molecule has 0 bridgehead atoms. The monoisotopic (exact) mass is 218 g/mol. The lowest BCUT2D eigenvalue weighted by molar-refractivity contribution is -0.0110. The van der Waals surface area contributed by atoms with E-state index in [-0.39, 0.29) is 6.42 Å². The van der Waals surface area contributed by atoms with Crippen LogP contribution in [0.25, 0.3) is 0 Å². The lowest BCUT2D eigenvalue weighted by Crippen LogP contribution is -2.19. The Kier molecular flexibility index (Phi) is 4.15. The van der Waals surface area contributed by atoms with E-state index in [4.69, 9.17) is 0 Å². The maximum atomic E-state index is 12.6. The number of benzene rings is 1. The summed E-state index contributed by atoms with van der Waals surface area (Å²) in [6, 6.07) is 4.95. The Morgan fingerprint density at radius 1 is 1.20 bits per heavy atom. The van der Waals surface area contributed by atoms with E-state index in [9.17, 15) is 18.3 Å². The molecular formula is C11H13F3O. The summed E-state index contributed by atoms with van der Waals surface area (Å²) in [6.45, 7) is 1.59. The minimum absolute atomic E-state index is 0.177. The molecule has 1 nitrogen and oxygen atoms in total. The molecule has 0 saturated heterocycles. The van der Waals surface area contributed by atoms with Gasteiger partial charge in [0.15, 0.2) is 0 Å². The standard InChI is InChI=1S/C11H13F3O/c1-2-9(11(13)14)10(15)7-3-5-8(12)6-4-7/h3-6,9-11,15H,2H2,1H3. The number of rotatable bonds is 4. The Balaban J connectivity index is 2.82. The van der Waals surface area contributed by atoms with Crippen LogP contribution in [0.2, 0.25) is 0 Å². The molecule has 1 N–H and O–H groups in total. The molecule has 1 rings (SSSR count). The minimum atomic E-state index is -2.57. The molecule has 4 heteroatoms. The Morgan fingerprint density at radius 3 is 2.13 bits per heavy atom. The topological polar surface area (TPSA) is 20.2 Å². The zero-order valence-corrected chi connectivity index (χ0v) is 8.33. The molecule has 0 amide bonds. The molecule has 15 heavy (non-hydrogen) atoms. The molecule has 1 aromatic carbocycles. The lowest BCUT2D eigenvalue weighted by atomic mass is 9.94. The van der Waals surface area contributed by atoms with E-state index >= 15 is 0 Å². The molecule has 0 saturated carbocycles. The van der Waals surface area contributed by atoms with E-state index in [0.29, 0.717) is 5.56 Å². The normalized spacial score (nSPS) is 15.3. The molecule has 0 aliphatic heterocycles. The van der Waals surface area contributed by atoms with Crippen LogP contribution < -0.4 is 0 Å². The third kappa shape index (κ3) is 2.96. The number of aliphatic hydroxyl groups excluding tert-OH is 1. The molecule has 0 aliphatic carbocycles. The first-order valence-corrected chi connectivity index (χ1v) is 4.78. The van der Waals surface area contributed by atoms with Crippen molar-refractivity contribution in [2.75, 3.05) is 0 Å². The Morgan fingerprint density at radius 2 is 1.73 bits per heavy atom. The van der Waals surface area contributed by atoms with Crippen molar-refractivity contribution >= 4 is 0 Å².